The molecular weight excluding hydrogens is 258 g/mol. The third-order valence-corrected chi connectivity index (χ3v) is 3.52. The first-order valence-electron chi connectivity index (χ1n) is 6.64. The van der Waals surface area contributed by atoms with E-state index in [9.17, 15) is 9.59 Å². The molecule has 108 valence electrons. The van der Waals surface area contributed by atoms with Crippen molar-refractivity contribution in [3.63, 3.8) is 0 Å². The molecule has 1 atom stereocenters. The van der Waals surface area contributed by atoms with Crippen LogP contribution in [0.15, 0.2) is 24.5 Å². The maximum atomic E-state index is 11.9. The van der Waals surface area contributed by atoms with Gasteiger partial charge >= 0.3 is 5.97 Å². The second-order valence-electron chi connectivity index (χ2n) is 5.56. The Hall–Kier alpha value is -2.11. The number of nitrogens with one attached hydrogen (secondary N) is 1. The second-order valence-corrected chi connectivity index (χ2v) is 5.56. The molecule has 2 N–H and O–H groups in total. The average Bonchev–Trinajstić information content (AvgIpc) is 3.00. The molecule has 1 aliphatic carbocycles. The number of anilines is 1. The molecule has 0 unspecified atom stereocenters. The topological polar surface area (TPSA) is 84.2 Å². The van der Waals surface area contributed by atoms with Crippen molar-refractivity contribution in [1.29, 1.82) is 0 Å². The quantitative estimate of drug-likeness (QED) is 0.806. The van der Waals surface area contributed by atoms with Crippen molar-refractivity contribution in [2.45, 2.75) is 38.6 Å². The van der Waals surface area contributed by atoms with Crippen molar-refractivity contribution < 1.29 is 14.7 Å². The fourth-order valence-corrected chi connectivity index (χ4v) is 2.11. The molecule has 20 heavy (non-hydrogen) atoms. The number of allylic oxidation sites excluding steroid dienone is 2. The molecule has 1 aromatic rings. The number of carboxylic acid groups (broad SMARTS) is 1. The molecule has 0 fully saturated rings. The lowest BCUT2D eigenvalue weighted by Gasteiger charge is -2.19. The Bertz CT molecular complexity index is 546. The largest absolute Gasteiger partial charge is 0.479 e. The van der Waals surface area contributed by atoms with E-state index in [1.807, 2.05) is 0 Å². The summed E-state index contributed by atoms with van der Waals surface area (Å²) in [7, 11) is 0. The molecule has 0 radical (unpaired) electrons. The number of amides is 1. The average molecular weight is 277 g/mol. The highest BCUT2D eigenvalue weighted by molar-refractivity contribution is 5.90. The van der Waals surface area contributed by atoms with Crippen LogP contribution in [0.25, 0.3) is 0 Å². The molecular formula is C14H19N3O3. The molecule has 0 saturated carbocycles. The number of carbonyl (C=O) groups is 2. The van der Waals surface area contributed by atoms with Crippen LogP contribution >= 0.6 is 0 Å². The van der Waals surface area contributed by atoms with Gasteiger partial charge in [-0.2, -0.15) is 5.10 Å². The second kappa shape index (κ2) is 5.48. The van der Waals surface area contributed by atoms with Gasteiger partial charge in [0.25, 0.3) is 0 Å². The van der Waals surface area contributed by atoms with Gasteiger partial charge in [-0.15, -0.1) is 0 Å². The molecule has 0 spiro atoms. The van der Waals surface area contributed by atoms with Crippen molar-refractivity contribution >= 4 is 17.6 Å². The lowest BCUT2D eigenvalue weighted by atomic mass is 10.1. The number of carboxylic acids is 1. The van der Waals surface area contributed by atoms with Crippen LogP contribution in [0.1, 0.15) is 33.1 Å². The van der Waals surface area contributed by atoms with Gasteiger partial charge in [0.15, 0.2) is 5.54 Å². The summed E-state index contributed by atoms with van der Waals surface area (Å²) in [6, 6.07) is 0. The van der Waals surface area contributed by atoms with E-state index in [-0.39, 0.29) is 5.91 Å². The van der Waals surface area contributed by atoms with Crippen molar-refractivity contribution in [3.8, 4) is 0 Å². The van der Waals surface area contributed by atoms with Gasteiger partial charge in [-0.25, -0.2) is 4.79 Å². The molecule has 0 aromatic carbocycles. The van der Waals surface area contributed by atoms with E-state index in [0.29, 0.717) is 18.0 Å². The standard InChI is InChI=1S/C14H19N3O3/c1-14(2,13(19)20)17-9-11(8-15-17)16-12(18)7-10-5-3-4-6-10/h3,5,8-10H,4,6-7H2,1-2H3,(H,16,18)(H,19,20)/t10-/m1/s1. The summed E-state index contributed by atoms with van der Waals surface area (Å²) < 4.78 is 1.33. The number of nitrogens with zero attached hydrogens (tertiary/aromatic N) is 2. The lowest BCUT2D eigenvalue weighted by molar-refractivity contribution is -0.146. The minimum Gasteiger partial charge on any atom is -0.479 e. The normalized spacial score (nSPS) is 18.2. The van der Waals surface area contributed by atoms with Crippen molar-refractivity contribution in [1.82, 2.24) is 9.78 Å². The maximum absolute atomic E-state index is 11.9. The SMILES string of the molecule is CC(C)(C(=O)O)n1cc(NC(=O)C[C@@H]2C=CCC2)cn1. The zero-order valence-electron chi connectivity index (χ0n) is 11.7. The van der Waals surface area contributed by atoms with E-state index < -0.39 is 11.5 Å². The van der Waals surface area contributed by atoms with E-state index in [1.165, 1.54) is 17.1 Å². The third-order valence-electron chi connectivity index (χ3n) is 3.52. The predicted octanol–water partition coefficient (Wildman–Crippen LogP) is 2.00. The molecule has 0 saturated heterocycles. The van der Waals surface area contributed by atoms with Gasteiger partial charge < -0.3 is 10.4 Å². The number of aromatic nitrogens is 2. The van der Waals surface area contributed by atoms with Gasteiger partial charge in [0.2, 0.25) is 5.91 Å². The molecule has 1 aliphatic rings. The number of aliphatic carboxylic acids is 1. The highest BCUT2D eigenvalue weighted by Crippen LogP contribution is 2.21. The molecule has 6 heteroatoms. The fraction of sp³-hybridized carbons (Fsp3) is 0.500. The minimum atomic E-state index is -1.14. The summed E-state index contributed by atoms with van der Waals surface area (Å²) in [5, 5.41) is 15.9. The Morgan fingerprint density at radius 3 is 2.90 bits per heavy atom. The van der Waals surface area contributed by atoms with Crippen LogP contribution in [0.4, 0.5) is 5.69 Å². The lowest BCUT2D eigenvalue weighted by Crippen LogP contribution is -2.35. The molecule has 0 aliphatic heterocycles. The summed E-state index contributed by atoms with van der Waals surface area (Å²) in [5.74, 6) is -0.746. The number of carbonyl (C=O) groups excluding carboxylic acids is 1. The third kappa shape index (κ3) is 3.07. The van der Waals surface area contributed by atoms with E-state index in [0.717, 1.165) is 12.8 Å². The summed E-state index contributed by atoms with van der Waals surface area (Å²) in [4.78, 5) is 23.0. The number of hydrogen-bond donors (Lipinski definition) is 2. The summed E-state index contributed by atoms with van der Waals surface area (Å²) in [6.45, 7) is 3.11. The van der Waals surface area contributed by atoms with Crippen LogP contribution in [-0.2, 0) is 15.1 Å². The van der Waals surface area contributed by atoms with Crippen molar-refractivity contribution in [2.24, 2.45) is 5.92 Å². The summed E-state index contributed by atoms with van der Waals surface area (Å²) in [6.07, 6.45) is 9.65. The predicted molar refractivity (Wildman–Crippen MR) is 74.3 cm³/mol. The minimum absolute atomic E-state index is 0.0748. The van der Waals surface area contributed by atoms with E-state index in [2.05, 4.69) is 22.6 Å². The van der Waals surface area contributed by atoms with Crippen molar-refractivity contribution in [3.05, 3.63) is 24.5 Å². The number of rotatable bonds is 5. The monoisotopic (exact) mass is 277 g/mol. The highest BCUT2D eigenvalue weighted by atomic mass is 16.4. The Kier molecular flexibility index (Phi) is 3.92. The Balaban J connectivity index is 1.97. The zero-order chi connectivity index (χ0) is 14.8. The Labute approximate surface area is 117 Å². The Morgan fingerprint density at radius 2 is 2.30 bits per heavy atom. The Morgan fingerprint density at radius 1 is 1.55 bits per heavy atom. The first kappa shape index (κ1) is 14.3. The van der Waals surface area contributed by atoms with Gasteiger partial charge in [0, 0.05) is 12.6 Å². The zero-order valence-corrected chi connectivity index (χ0v) is 11.7. The first-order valence-corrected chi connectivity index (χ1v) is 6.64. The smallest absolute Gasteiger partial charge is 0.331 e. The van der Waals surface area contributed by atoms with Gasteiger partial charge in [0.1, 0.15) is 0 Å². The molecule has 6 nitrogen and oxygen atoms in total. The molecule has 0 bridgehead atoms. The maximum Gasteiger partial charge on any atom is 0.331 e. The summed E-state index contributed by atoms with van der Waals surface area (Å²) >= 11 is 0. The van der Waals surface area contributed by atoms with Crippen LogP contribution in [0.5, 0.6) is 0 Å². The van der Waals surface area contributed by atoms with Gasteiger partial charge in [-0.1, -0.05) is 12.2 Å². The van der Waals surface area contributed by atoms with Crippen LogP contribution in [0.2, 0.25) is 0 Å². The fourth-order valence-electron chi connectivity index (χ4n) is 2.11. The molecule has 2 rings (SSSR count). The molecule has 1 amide bonds. The van der Waals surface area contributed by atoms with E-state index >= 15 is 0 Å². The van der Waals surface area contributed by atoms with Crippen LogP contribution in [0.3, 0.4) is 0 Å². The summed E-state index contributed by atoms with van der Waals surface area (Å²) in [5.41, 5.74) is -0.622. The molecule has 1 aromatic heterocycles. The van der Waals surface area contributed by atoms with E-state index in [4.69, 9.17) is 5.11 Å². The van der Waals surface area contributed by atoms with Crippen LogP contribution in [0, 0.1) is 5.92 Å². The van der Waals surface area contributed by atoms with Crippen molar-refractivity contribution in [2.75, 3.05) is 5.32 Å². The van der Waals surface area contributed by atoms with Crippen LogP contribution < -0.4 is 5.32 Å². The van der Waals surface area contributed by atoms with E-state index in [1.54, 1.807) is 13.8 Å². The van der Waals surface area contributed by atoms with Gasteiger partial charge in [-0.05, 0) is 32.6 Å². The van der Waals surface area contributed by atoms with Gasteiger partial charge in [-0.3, -0.25) is 9.48 Å². The molecule has 1 heterocycles. The number of hydrogen-bond acceptors (Lipinski definition) is 3. The van der Waals surface area contributed by atoms with Gasteiger partial charge in [0.05, 0.1) is 11.9 Å². The highest BCUT2D eigenvalue weighted by Gasteiger charge is 2.30. The van der Waals surface area contributed by atoms with Crippen LogP contribution in [-0.4, -0.2) is 26.8 Å². The first-order chi connectivity index (χ1) is 9.39.